The summed E-state index contributed by atoms with van der Waals surface area (Å²) >= 11 is 9.91. The van der Waals surface area contributed by atoms with Crippen molar-refractivity contribution in [3.63, 3.8) is 0 Å². The predicted molar refractivity (Wildman–Crippen MR) is 107 cm³/mol. The van der Waals surface area contributed by atoms with E-state index in [1.807, 2.05) is 6.07 Å². The number of nitrogens with one attached hydrogen (secondary N) is 2. The number of anilines is 1. The van der Waals surface area contributed by atoms with Gasteiger partial charge >= 0.3 is 0 Å². The lowest BCUT2D eigenvalue weighted by molar-refractivity contribution is 0.0997. The number of hydrogen-bond acceptors (Lipinski definition) is 5. The molecule has 1 aromatic carbocycles. The summed E-state index contributed by atoms with van der Waals surface area (Å²) in [7, 11) is 0. The minimum Gasteiger partial charge on any atom is -0.366 e. The highest BCUT2D eigenvalue weighted by Gasteiger charge is 2.22. The Morgan fingerprint density at radius 1 is 1.36 bits per heavy atom. The van der Waals surface area contributed by atoms with Gasteiger partial charge < -0.3 is 11.1 Å². The van der Waals surface area contributed by atoms with Crippen molar-refractivity contribution in [1.82, 2.24) is 15.2 Å². The summed E-state index contributed by atoms with van der Waals surface area (Å²) in [5, 5.41) is 18.1. The summed E-state index contributed by atoms with van der Waals surface area (Å²) in [6.07, 6.45) is 2.89. The van der Waals surface area contributed by atoms with Crippen molar-refractivity contribution in [3.8, 4) is 17.2 Å². The Morgan fingerprint density at radius 2 is 2.11 bits per heavy atom. The third-order valence-electron chi connectivity index (χ3n) is 3.93. The molecule has 0 fully saturated rings. The van der Waals surface area contributed by atoms with E-state index in [1.54, 1.807) is 13.0 Å². The fourth-order valence-corrected chi connectivity index (χ4v) is 3.62. The number of rotatable bonds is 4. The Morgan fingerprint density at radius 3 is 2.71 bits per heavy atom. The monoisotopic (exact) mass is 458 g/mol. The molecule has 0 saturated carbocycles. The molecular formula is C18H12BrClN6O2. The number of nitrogens with zero attached hydrogens (tertiary/aromatic N) is 3. The van der Waals surface area contributed by atoms with Crippen LogP contribution in [0.5, 0.6) is 0 Å². The molecule has 2 heterocycles. The smallest absolute Gasteiger partial charge is 0.274 e. The fourth-order valence-electron chi connectivity index (χ4n) is 2.72. The van der Waals surface area contributed by atoms with Crippen LogP contribution in [0.15, 0.2) is 35.1 Å². The molecule has 0 unspecified atom stereocenters. The van der Waals surface area contributed by atoms with E-state index in [-0.39, 0.29) is 22.1 Å². The Balaban J connectivity index is 2.17. The van der Waals surface area contributed by atoms with Gasteiger partial charge in [0.05, 0.1) is 16.7 Å². The number of hydrogen-bond donors (Lipinski definition) is 3. The van der Waals surface area contributed by atoms with Gasteiger partial charge in [-0.05, 0) is 46.6 Å². The molecule has 0 aliphatic rings. The number of carbonyl (C=O) groups excluding carboxylic acids is 2. The molecule has 0 spiro atoms. The molecule has 8 nitrogen and oxygen atoms in total. The van der Waals surface area contributed by atoms with Gasteiger partial charge in [-0.25, -0.2) is 4.98 Å². The van der Waals surface area contributed by atoms with Crippen LogP contribution in [0.3, 0.4) is 0 Å². The molecule has 2 amide bonds. The third kappa shape index (κ3) is 3.60. The average Bonchev–Trinajstić information content (AvgIpc) is 3.19. The number of halogens is 2. The van der Waals surface area contributed by atoms with Gasteiger partial charge in [0, 0.05) is 33.6 Å². The summed E-state index contributed by atoms with van der Waals surface area (Å²) in [6, 6.07) is 6.51. The summed E-state index contributed by atoms with van der Waals surface area (Å²) < 4.78 is 0.493. The van der Waals surface area contributed by atoms with Crippen LogP contribution in [0, 0.1) is 18.3 Å². The number of nitrogens with two attached hydrogens (primary N) is 1. The van der Waals surface area contributed by atoms with Gasteiger partial charge in [-0.15, -0.1) is 0 Å². The molecule has 0 atom stereocenters. The zero-order chi connectivity index (χ0) is 20.4. The summed E-state index contributed by atoms with van der Waals surface area (Å²) in [5.74, 6) is -1.09. The van der Waals surface area contributed by atoms with Crippen molar-refractivity contribution in [1.29, 1.82) is 5.26 Å². The predicted octanol–water partition coefficient (Wildman–Crippen LogP) is 3.42. The van der Waals surface area contributed by atoms with Crippen molar-refractivity contribution in [2.24, 2.45) is 5.73 Å². The summed E-state index contributed by atoms with van der Waals surface area (Å²) in [4.78, 5) is 28.4. The van der Waals surface area contributed by atoms with Crippen LogP contribution in [0.25, 0.3) is 11.1 Å². The van der Waals surface area contributed by atoms with Crippen molar-refractivity contribution in [2.45, 2.75) is 6.92 Å². The largest absolute Gasteiger partial charge is 0.366 e. The second kappa shape index (κ2) is 7.80. The molecule has 0 aliphatic heterocycles. The maximum atomic E-state index is 12.3. The highest BCUT2D eigenvalue weighted by molar-refractivity contribution is 9.10. The highest BCUT2D eigenvalue weighted by Crippen LogP contribution is 2.41. The number of aromatic nitrogens is 3. The topological polar surface area (TPSA) is 138 Å². The second-order valence-electron chi connectivity index (χ2n) is 5.76. The molecule has 10 heteroatoms. The first-order chi connectivity index (χ1) is 13.3. The van der Waals surface area contributed by atoms with Crippen LogP contribution in [-0.2, 0) is 0 Å². The van der Waals surface area contributed by atoms with Gasteiger partial charge in [-0.2, -0.15) is 10.4 Å². The zero-order valence-corrected chi connectivity index (χ0v) is 16.7. The maximum absolute atomic E-state index is 12.3. The Kier molecular flexibility index (Phi) is 5.44. The van der Waals surface area contributed by atoms with Crippen LogP contribution >= 0.6 is 27.5 Å². The highest BCUT2D eigenvalue weighted by atomic mass is 79.9. The molecule has 3 aromatic rings. The number of aromatic amines is 1. The standard InChI is InChI=1S/C18H12BrClN6O2/c1-8-4-9(6-21)5-10(16(22)27)13(8)14-11(19)7-23-17(15(14)20)25-18(28)12-2-3-24-26-12/h2-5,7H,1H3,(H2,22,27)(H,24,26)(H,23,25,28). The summed E-state index contributed by atoms with van der Waals surface area (Å²) in [5.41, 5.74) is 7.67. The van der Waals surface area contributed by atoms with Crippen LogP contribution in [0.4, 0.5) is 5.82 Å². The number of primary amides is 1. The molecule has 2 aromatic heterocycles. The molecule has 0 radical (unpaired) electrons. The number of carbonyl (C=O) groups is 2. The Bertz CT molecular complexity index is 1140. The van der Waals surface area contributed by atoms with Crippen LogP contribution in [-0.4, -0.2) is 27.0 Å². The van der Waals surface area contributed by atoms with Gasteiger partial charge in [-0.3, -0.25) is 14.7 Å². The first kappa shape index (κ1) is 19.5. The first-order valence-corrected chi connectivity index (χ1v) is 9.00. The molecule has 0 aliphatic carbocycles. The van der Waals surface area contributed by atoms with Gasteiger partial charge in [0.15, 0.2) is 5.82 Å². The maximum Gasteiger partial charge on any atom is 0.274 e. The number of amides is 2. The van der Waals surface area contributed by atoms with E-state index in [0.29, 0.717) is 26.7 Å². The Labute approximate surface area is 172 Å². The van der Waals surface area contributed by atoms with Crippen molar-refractivity contribution >= 4 is 45.2 Å². The van der Waals surface area contributed by atoms with Crippen molar-refractivity contribution in [2.75, 3.05) is 5.32 Å². The van der Waals surface area contributed by atoms with Gasteiger partial charge in [0.1, 0.15) is 5.69 Å². The van der Waals surface area contributed by atoms with E-state index in [1.165, 1.54) is 24.5 Å². The van der Waals surface area contributed by atoms with E-state index < -0.39 is 11.8 Å². The zero-order valence-electron chi connectivity index (χ0n) is 14.4. The van der Waals surface area contributed by atoms with Gasteiger partial charge in [0.2, 0.25) is 5.91 Å². The molecular weight excluding hydrogens is 448 g/mol. The molecule has 3 rings (SSSR count). The minimum atomic E-state index is -0.710. The fraction of sp³-hybridized carbons (Fsp3) is 0.0556. The second-order valence-corrected chi connectivity index (χ2v) is 6.99. The molecule has 0 saturated heterocycles. The molecule has 28 heavy (non-hydrogen) atoms. The Hall–Kier alpha value is -3.22. The number of benzene rings is 1. The first-order valence-electron chi connectivity index (χ1n) is 7.83. The van der Waals surface area contributed by atoms with E-state index in [4.69, 9.17) is 22.6 Å². The third-order valence-corrected chi connectivity index (χ3v) is 4.90. The lowest BCUT2D eigenvalue weighted by Crippen LogP contribution is -2.15. The van der Waals surface area contributed by atoms with E-state index >= 15 is 0 Å². The number of aryl methyl sites for hydroxylation is 1. The number of pyridine rings is 1. The average molecular weight is 460 g/mol. The normalized spacial score (nSPS) is 10.4. The van der Waals surface area contributed by atoms with Crippen LogP contribution in [0.1, 0.15) is 32.0 Å². The van der Waals surface area contributed by atoms with Crippen molar-refractivity contribution < 1.29 is 9.59 Å². The number of nitriles is 1. The van der Waals surface area contributed by atoms with E-state index in [2.05, 4.69) is 36.4 Å². The lowest BCUT2D eigenvalue weighted by atomic mass is 9.93. The van der Waals surface area contributed by atoms with E-state index in [0.717, 1.165) is 0 Å². The van der Waals surface area contributed by atoms with Gasteiger partial charge in [0.25, 0.3) is 5.91 Å². The molecule has 4 N–H and O–H groups in total. The van der Waals surface area contributed by atoms with Crippen LogP contribution in [0.2, 0.25) is 5.02 Å². The summed E-state index contributed by atoms with van der Waals surface area (Å²) in [6.45, 7) is 1.73. The van der Waals surface area contributed by atoms with Gasteiger partial charge in [-0.1, -0.05) is 11.6 Å². The van der Waals surface area contributed by atoms with Crippen molar-refractivity contribution in [3.05, 3.63) is 62.5 Å². The molecule has 0 bridgehead atoms. The SMILES string of the molecule is Cc1cc(C#N)cc(C(N)=O)c1-c1c(Br)cnc(NC(=O)c2ccn[nH]2)c1Cl. The minimum absolute atomic E-state index is 0.0960. The van der Waals surface area contributed by atoms with Crippen LogP contribution < -0.4 is 11.1 Å². The molecule has 140 valence electrons. The van der Waals surface area contributed by atoms with E-state index in [9.17, 15) is 9.59 Å². The number of H-pyrrole nitrogens is 1. The quantitative estimate of drug-likeness (QED) is 0.549. The lowest BCUT2D eigenvalue weighted by Gasteiger charge is -2.16.